The minimum absolute atomic E-state index is 0.134. The van der Waals surface area contributed by atoms with E-state index in [1.165, 1.54) is 0 Å². The van der Waals surface area contributed by atoms with Crippen LogP contribution in [0.1, 0.15) is 21.5 Å². The molecule has 0 saturated carbocycles. The topological polar surface area (TPSA) is 43.4 Å². The molecule has 3 nitrogen and oxygen atoms in total. The van der Waals surface area contributed by atoms with E-state index >= 15 is 0 Å². The van der Waals surface area contributed by atoms with Crippen LogP contribution in [0.2, 0.25) is 0 Å². The van der Waals surface area contributed by atoms with Gasteiger partial charge in [0.1, 0.15) is 5.92 Å². The largest absolute Gasteiger partial charge is 0.452 e. The van der Waals surface area contributed by atoms with E-state index in [1.807, 2.05) is 37.3 Å². The lowest BCUT2D eigenvalue weighted by molar-refractivity contribution is -0.145. The first-order valence-corrected chi connectivity index (χ1v) is 7.36. The second-order valence-electron chi connectivity index (χ2n) is 5.28. The predicted molar refractivity (Wildman–Crippen MR) is 88.9 cm³/mol. The molecule has 0 aromatic heterocycles. The Kier molecular flexibility index (Phi) is 5.71. The van der Waals surface area contributed by atoms with Crippen LogP contribution in [0.4, 0.5) is 0 Å². The molecule has 1 atom stereocenters. The normalized spacial score (nSPS) is 11.3. The standard InChI is InChI=1S/C20H18O3/c1-3-13-23-20(22)18(14-16-11-9-15(2)10-12-16)19(21)17-7-5-4-6-8-17/h1,4-12,18H,13-14H2,2H3. The zero-order chi connectivity index (χ0) is 16.7. The number of rotatable bonds is 6. The summed E-state index contributed by atoms with van der Waals surface area (Å²) in [6.45, 7) is 1.85. The summed E-state index contributed by atoms with van der Waals surface area (Å²) in [5.41, 5.74) is 2.51. The van der Waals surface area contributed by atoms with Gasteiger partial charge in [0.05, 0.1) is 0 Å². The van der Waals surface area contributed by atoms with Gasteiger partial charge in [0.15, 0.2) is 12.4 Å². The van der Waals surface area contributed by atoms with Crippen LogP contribution < -0.4 is 0 Å². The van der Waals surface area contributed by atoms with Gasteiger partial charge in [-0.15, -0.1) is 6.42 Å². The Bertz CT molecular complexity index is 709. The number of hydrogen-bond donors (Lipinski definition) is 0. The summed E-state index contributed by atoms with van der Waals surface area (Å²) in [5, 5.41) is 0. The van der Waals surface area contributed by atoms with Gasteiger partial charge in [0.25, 0.3) is 0 Å². The van der Waals surface area contributed by atoms with Gasteiger partial charge < -0.3 is 4.74 Å². The molecule has 0 bridgehead atoms. The number of hydrogen-bond acceptors (Lipinski definition) is 3. The lowest BCUT2D eigenvalue weighted by atomic mass is 9.91. The number of aryl methyl sites for hydroxylation is 1. The van der Waals surface area contributed by atoms with Crippen LogP contribution in [0.5, 0.6) is 0 Å². The predicted octanol–water partition coefficient (Wildman–Crippen LogP) is 3.21. The van der Waals surface area contributed by atoms with Gasteiger partial charge in [-0.2, -0.15) is 0 Å². The van der Waals surface area contributed by atoms with E-state index in [-0.39, 0.29) is 18.8 Å². The van der Waals surface area contributed by atoms with E-state index in [9.17, 15) is 9.59 Å². The molecule has 3 heteroatoms. The highest BCUT2D eigenvalue weighted by Crippen LogP contribution is 2.17. The molecule has 0 aliphatic carbocycles. The summed E-state index contributed by atoms with van der Waals surface area (Å²) in [6.07, 6.45) is 5.41. The molecule has 1 unspecified atom stereocenters. The first-order chi connectivity index (χ1) is 11.1. The van der Waals surface area contributed by atoms with Crippen molar-refractivity contribution in [1.82, 2.24) is 0 Å². The van der Waals surface area contributed by atoms with Crippen molar-refractivity contribution in [2.75, 3.05) is 6.61 Å². The lowest BCUT2D eigenvalue weighted by Crippen LogP contribution is -2.28. The van der Waals surface area contributed by atoms with Crippen LogP contribution in [-0.2, 0) is 16.0 Å². The maximum absolute atomic E-state index is 12.7. The Hall–Kier alpha value is -2.86. The fourth-order valence-electron chi connectivity index (χ4n) is 2.26. The van der Waals surface area contributed by atoms with E-state index in [0.29, 0.717) is 5.56 Å². The Labute approximate surface area is 136 Å². The fourth-order valence-corrected chi connectivity index (χ4v) is 2.26. The quantitative estimate of drug-likeness (QED) is 0.356. The van der Waals surface area contributed by atoms with Crippen LogP contribution >= 0.6 is 0 Å². The molecule has 0 saturated heterocycles. The van der Waals surface area contributed by atoms with Crippen LogP contribution in [0, 0.1) is 25.2 Å². The number of carbonyl (C=O) groups is 2. The van der Waals surface area contributed by atoms with E-state index < -0.39 is 11.9 Å². The number of carbonyl (C=O) groups excluding carboxylic acids is 2. The average Bonchev–Trinajstić information content (AvgIpc) is 2.59. The van der Waals surface area contributed by atoms with Crippen molar-refractivity contribution >= 4 is 11.8 Å². The van der Waals surface area contributed by atoms with Crippen LogP contribution in [-0.4, -0.2) is 18.4 Å². The van der Waals surface area contributed by atoms with E-state index in [0.717, 1.165) is 11.1 Å². The molecule has 2 rings (SSSR count). The summed E-state index contributed by atoms with van der Waals surface area (Å²) in [7, 11) is 0. The lowest BCUT2D eigenvalue weighted by Gasteiger charge is -2.15. The summed E-state index contributed by atoms with van der Waals surface area (Å²) in [5.74, 6) is 0.512. The molecule has 0 aliphatic rings. The van der Waals surface area contributed by atoms with Crippen molar-refractivity contribution in [2.24, 2.45) is 5.92 Å². The molecule has 0 heterocycles. The smallest absolute Gasteiger partial charge is 0.318 e. The maximum atomic E-state index is 12.7. The molecule has 0 spiro atoms. The highest BCUT2D eigenvalue weighted by Gasteiger charge is 2.29. The number of ketones is 1. The number of benzene rings is 2. The molecule has 0 aliphatic heterocycles. The Balaban J connectivity index is 2.24. The van der Waals surface area contributed by atoms with E-state index in [4.69, 9.17) is 11.2 Å². The number of esters is 1. The minimum atomic E-state index is -0.895. The first kappa shape index (κ1) is 16.5. The Morgan fingerprint density at radius 3 is 2.35 bits per heavy atom. The fraction of sp³-hybridized carbons (Fsp3) is 0.200. The van der Waals surface area contributed by atoms with Gasteiger partial charge in [0.2, 0.25) is 0 Å². The van der Waals surface area contributed by atoms with Crippen LogP contribution in [0.25, 0.3) is 0 Å². The zero-order valence-electron chi connectivity index (χ0n) is 13.0. The second-order valence-corrected chi connectivity index (χ2v) is 5.28. The third-order valence-electron chi connectivity index (χ3n) is 3.52. The summed E-state index contributed by atoms with van der Waals surface area (Å²) < 4.78 is 5.00. The number of terminal acetylenes is 1. The molecular formula is C20H18O3. The van der Waals surface area contributed by atoms with Gasteiger partial charge in [0, 0.05) is 5.56 Å². The summed E-state index contributed by atoms with van der Waals surface area (Å²) in [4.78, 5) is 24.9. The van der Waals surface area contributed by atoms with Crippen molar-refractivity contribution < 1.29 is 14.3 Å². The third-order valence-corrected chi connectivity index (χ3v) is 3.52. The van der Waals surface area contributed by atoms with Gasteiger partial charge >= 0.3 is 5.97 Å². The summed E-state index contributed by atoms with van der Waals surface area (Å²) >= 11 is 0. The number of Topliss-reactive ketones (excluding diaryl/α,β-unsaturated/α-hetero) is 1. The van der Waals surface area contributed by atoms with Crippen molar-refractivity contribution in [3.63, 3.8) is 0 Å². The Morgan fingerprint density at radius 1 is 1.09 bits per heavy atom. The second kappa shape index (κ2) is 7.95. The highest BCUT2D eigenvalue weighted by atomic mass is 16.5. The molecule has 116 valence electrons. The van der Waals surface area contributed by atoms with Gasteiger partial charge in [-0.1, -0.05) is 66.1 Å². The van der Waals surface area contributed by atoms with E-state index in [1.54, 1.807) is 24.3 Å². The van der Waals surface area contributed by atoms with Gasteiger partial charge in [-0.05, 0) is 18.9 Å². The molecule has 2 aromatic carbocycles. The van der Waals surface area contributed by atoms with Crippen molar-refractivity contribution in [3.8, 4) is 12.3 Å². The molecule has 23 heavy (non-hydrogen) atoms. The monoisotopic (exact) mass is 306 g/mol. The molecule has 0 N–H and O–H groups in total. The molecular weight excluding hydrogens is 288 g/mol. The number of ether oxygens (including phenoxy) is 1. The van der Waals surface area contributed by atoms with Gasteiger partial charge in [-0.3, -0.25) is 9.59 Å². The van der Waals surface area contributed by atoms with Crippen molar-refractivity contribution in [3.05, 3.63) is 71.3 Å². The van der Waals surface area contributed by atoms with E-state index in [2.05, 4.69) is 5.92 Å². The molecule has 0 radical (unpaired) electrons. The third kappa shape index (κ3) is 4.55. The maximum Gasteiger partial charge on any atom is 0.318 e. The Morgan fingerprint density at radius 2 is 1.74 bits per heavy atom. The minimum Gasteiger partial charge on any atom is -0.452 e. The highest BCUT2D eigenvalue weighted by molar-refractivity contribution is 6.08. The van der Waals surface area contributed by atoms with Crippen LogP contribution in [0.15, 0.2) is 54.6 Å². The molecule has 0 fully saturated rings. The SMILES string of the molecule is C#CCOC(=O)C(Cc1ccc(C)cc1)C(=O)c1ccccc1. The van der Waals surface area contributed by atoms with Crippen molar-refractivity contribution in [1.29, 1.82) is 0 Å². The summed E-state index contributed by atoms with van der Waals surface area (Å²) in [6, 6.07) is 16.5. The van der Waals surface area contributed by atoms with Crippen LogP contribution in [0.3, 0.4) is 0 Å². The first-order valence-electron chi connectivity index (χ1n) is 7.36. The average molecular weight is 306 g/mol. The molecule has 0 amide bonds. The molecule has 2 aromatic rings. The van der Waals surface area contributed by atoms with Crippen molar-refractivity contribution in [2.45, 2.75) is 13.3 Å². The van der Waals surface area contributed by atoms with Gasteiger partial charge in [-0.25, -0.2) is 0 Å². The zero-order valence-corrected chi connectivity index (χ0v) is 13.0.